The number of hydrogen-bond donors (Lipinski definition) is 14. The van der Waals surface area contributed by atoms with Gasteiger partial charge in [0.2, 0.25) is 0 Å². The maximum atomic E-state index is 12.2. The predicted molar refractivity (Wildman–Crippen MR) is 256 cm³/mol. The molecule has 9 fully saturated rings. The monoisotopic (exact) mass is 1100 g/mol. The van der Waals surface area contributed by atoms with Crippen molar-refractivity contribution < 1.29 is 119 Å². The first kappa shape index (κ1) is 59.7. The van der Waals surface area contributed by atoms with E-state index in [-0.39, 0.29) is 47.2 Å². The molecule has 0 spiro atoms. The minimum atomic E-state index is -1.88. The molecule has 24 nitrogen and oxygen atoms in total. The largest absolute Gasteiger partial charge is 0.394 e. The maximum absolute atomic E-state index is 12.2. The zero-order chi connectivity index (χ0) is 55.1. The van der Waals surface area contributed by atoms with E-state index >= 15 is 0 Å². The molecule has 440 valence electrons. The summed E-state index contributed by atoms with van der Waals surface area (Å²) in [5.74, 6) is 0.611. The minimum absolute atomic E-state index is 0.0183. The van der Waals surface area contributed by atoms with Crippen molar-refractivity contribution in [3.05, 3.63) is 0 Å². The van der Waals surface area contributed by atoms with Crippen LogP contribution in [0.2, 0.25) is 0 Å². The molecule has 0 bridgehead atoms. The Balaban J connectivity index is 0.855. The summed E-state index contributed by atoms with van der Waals surface area (Å²) in [4.78, 5) is 0. The van der Waals surface area contributed by atoms with E-state index in [1.807, 2.05) is 6.92 Å². The lowest BCUT2D eigenvalue weighted by atomic mass is 9.44. The molecule has 14 N–H and O–H groups in total. The fraction of sp³-hybridized carbons (Fsp3) is 1.00. The third-order valence-corrected chi connectivity index (χ3v) is 20.4. The highest BCUT2D eigenvalue weighted by Gasteiger charge is 2.69. The molecular formula is C52H88O24. The van der Waals surface area contributed by atoms with Gasteiger partial charge in [-0.05, 0) is 105 Å². The fourth-order valence-corrected chi connectivity index (χ4v) is 16.0. The van der Waals surface area contributed by atoms with Crippen LogP contribution in [0.1, 0.15) is 92.4 Å². The number of hydrogen-bond acceptors (Lipinski definition) is 24. The Morgan fingerprint density at radius 1 is 0.579 bits per heavy atom. The van der Waals surface area contributed by atoms with Gasteiger partial charge in [0.05, 0.1) is 50.8 Å². The number of ether oxygens (including phenoxy) is 10. The zero-order valence-electron chi connectivity index (χ0n) is 44.4. The molecule has 9 aliphatic rings. The molecule has 0 radical (unpaired) electrons. The van der Waals surface area contributed by atoms with E-state index in [1.165, 1.54) is 6.92 Å². The molecule has 5 heterocycles. The molecule has 24 heteroatoms. The Bertz CT molecular complexity index is 1910. The first-order valence-corrected chi connectivity index (χ1v) is 27.7. The summed E-state index contributed by atoms with van der Waals surface area (Å²) in [5.41, 5.74) is -0.305. The van der Waals surface area contributed by atoms with Crippen molar-refractivity contribution >= 4 is 0 Å². The van der Waals surface area contributed by atoms with Gasteiger partial charge in [-0.3, -0.25) is 0 Å². The topological polar surface area (TPSA) is 376 Å². The summed E-state index contributed by atoms with van der Waals surface area (Å²) in [6.07, 6.45) is -26.2. The summed E-state index contributed by atoms with van der Waals surface area (Å²) in [6.45, 7) is 8.50. The fourth-order valence-electron chi connectivity index (χ4n) is 16.0. The highest BCUT2D eigenvalue weighted by molar-refractivity contribution is 5.16. The average Bonchev–Trinajstić information content (AvgIpc) is 4.02. The lowest BCUT2D eigenvalue weighted by Crippen LogP contribution is -2.67. The van der Waals surface area contributed by atoms with Gasteiger partial charge < -0.3 is 119 Å². The molecule has 0 amide bonds. The van der Waals surface area contributed by atoms with Gasteiger partial charge in [0.15, 0.2) is 30.9 Å². The van der Waals surface area contributed by atoms with Crippen LogP contribution in [0.3, 0.4) is 0 Å². The second kappa shape index (κ2) is 23.4. The zero-order valence-corrected chi connectivity index (χ0v) is 44.4. The van der Waals surface area contributed by atoms with E-state index in [9.17, 15) is 71.5 Å². The molecule has 5 aliphatic heterocycles. The van der Waals surface area contributed by atoms with E-state index in [0.717, 1.165) is 32.1 Å². The Morgan fingerprint density at radius 3 is 1.79 bits per heavy atom. The number of fused-ring (bicyclic) bond motifs is 7. The van der Waals surface area contributed by atoms with Gasteiger partial charge >= 0.3 is 0 Å². The smallest absolute Gasteiger partial charge is 0.187 e. The van der Waals surface area contributed by atoms with Crippen molar-refractivity contribution in [3.63, 3.8) is 0 Å². The molecule has 4 aliphatic carbocycles. The molecule has 0 aromatic rings. The van der Waals surface area contributed by atoms with Crippen molar-refractivity contribution in [1.82, 2.24) is 0 Å². The van der Waals surface area contributed by atoms with E-state index in [0.29, 0.717) is 43.4 Å². The summed E-state index contributed by atoms with van der Waals surface area (Å²) in [7, 11) is 1.70. The molecule has 4 saturated carbocycles. The van der Waals surface area contributed by atoms with Crippen LogP contribution >= 0.6 is 0 Å². The summed E-state index contributed by atoms with van der Waals surface area (Å²) in [6, 6.07) is 0. The lowest BCUT2D eigenvalue weighted by Gasteiger charge is -2.62. The van der Waals surface area contributed by atoms with Crippen LogP contribution < -0.4 is 0 Å². The molecule has 0 aromatic carbocycles. The molecule has 24 unspecified atom stereocenters. The lowest BCUT2D eigenvalue weighted by molar-refractivity contribution is -0.392. The quantitative estimate of drug-likeness (QED) is 0.0673. The Labute approximate surface area is 443 Å². The van der Waals surface area contributed by atoms with Gasteiger partial charge in [0.1, 0.15) is 91.6 Å². The standard InChI is InChI=1S/C52H88O24/c1-20(19-68-46-40(63)38(61)35(58)30(16-53)71-46)9-12-52(67-6)21(2)33-29(76-52)14-26-24-8-7-23-13-28(27(56)15-51(23,5)25(24)10-11-50(26,33)4)70-49-45(75-47-41(64)37(60)34(57)22(3)69-47)43(66)44(32(18-55)73-49)74-48-42(65)39(62)36(59)31(17-54)72-48/h20-49,53-66H,7-19H2,1-6H3/t20-,21?,22?,23+,24-,25+,26+,27-,28-,29?,30?,31?,32?,33?,34?,35?,36?,37?,38?,39?,40?,41?,42?,43?,44?,45?,46?,47?,48?,49?,50+,51+,52?/m1/s1. The molecule has 76 heavy (non-hydrogen) atoms. The molecule has 5 saturated heterocycles. The number of methoxy groups -OCH3 is 1. The van der Waals surface area contributed by atoms with E-state index in [4.69, 9.17) is 47.4 Å². The van der Waals surface area contributed by atoms with Crippen LogP contribution in [0.15, 0.2) is 0 Å². The van der Waals surface area contributed by atoms with Crippen LogP contribution in [0.4, 0.5) is 0 Å². The second-order valence-corrected chi connectivity index (χ2v) is 24.6. The van der Waals surface area contributed by atoms with Gasteiger partial charge in [-0.15, -0.1) is 0 Å². The van der Waals surface area contributed by atoms with Gasteiger partial charge in [-0.1, -0.05) is 27.7 Å². The summed E-state index contributed by atoms with van der Waals surface area (Å²) in [5, 5.41) is 149. The van der Waals surface area contributed by atoms with Crippen LogP contribution in [0.5, 0.6) is 0 Å². The first-order chi connectivity index (χ1) is 36.0. The van der Waals surface area contributed by atoms with Crippen molar-refractivity contribution in [2.24, 2.45) is 52.3 Å². The number of rotatable bonds is 16. The predicted octanol–water partition coefficient (Wildman–Crippen LogP) is -3.30. The third-order valence-electron chi connectivity index (χ3n) is 20.4. The van der Waals surface area contributed by atoms with Crippen molar-refractivity contribution in [2.45, 2.75) is 239 Å². The van der Waals surface area contributed by atoms with Gasteiger partial charge in [-0.2, -0.15) is 0 Å². The summed E-state index contributed by atoms with van der Waals surface area (Å²) < 4.78 is 61.0. The average molecular weight is 1100 g/mol. The number of aliphatic hydroxyl groups is 14. The van der Waals surface area contributed by atoms with E-state index in [1.54, 1.807) is 7.11 Å². The Morgan fingerprint density at radius 2 is 1.16 bits per heavy atom. The van der Waals surface area contributed by atoms with Crippen LogP contribution in [-0.4, -0.2) is 252 Å². The molecular weight excluding hydrogens is 1010 g/mol. The third kappa shape index (κ3) is 10.5. The molecule has 33 atom stereocenters. The van der Waals surface area contributed by atoms with Crippen LogP contribution in [-0.2, 0) is 47.4 Å². The summed E-state index contributed by atoms with van der Waals surface area (Å²) >= 11 is 0. The Hall–Kier alpha value is -0.960. The molecule has 0 aromatic heterocycles. The van der Waals surface area contributed by atoms with Crippen molar-refractivity contribution in [1.29, 1.82) is 0 Å². The Kier molecular flexibility index (Phi) is 18.3. The maximum Gasteiger partial charge on any atom is 0.187 e. The van der Waals surface area contributed by atoms with Gasteiger partial charge in [0.25, 0.3) is 0 Å². The van der Waals surface area contributed by atoms with Gasteiger partial charge in [0, 0.05) is 19.4 Å². The van der Waals surface area contributed by atoms with Crippen LogP contribution in [0.25, 0.3) is 0 Å². The number of aliphatic hydroxyl groups excluding tert-OH is 14. The highest BCUT2D eigenvalue weighted by atomic mass is 16.8. The molecule has 9 rings (SSSR count). The van der Waals surface area contributed by atoms with Crippen LogP contribution in [0, 0.1) is 52.3 Å². The second-order valence-electron chi connectivity index (χ2n) is 24.6. The van der Waals surface area contributed by atoms with E-state index in [2.05, 4.69) is 20.8 Å². The normalized spacial score (nSPS) is 55.8. The highest BCUT2D eigenvalue weighted by Crippen LogP contribution is 2.71. The van der Waals surface area contributed by atoms with Gasteiger partial charge in [-0.25, -0.2) is 0 Å². The van der Waals surface area contributed by atoms with Crippen molar-refractivity contribution in [3.8, 4) is 0 Å². The first-order valence-electron chi connectivity index (χ1n) is 27.7. The minimum Gasteiger partial charge on any atom is -0.394 e. The van der Waals surface area contributed by atoms with E-state index < -0.39 is 161 Å². The van der Waals surface area contributed by atoms with Crippen molar-refractivity contribution in [2.75, 3.05) is 33.5 Å². The SMILES string of the molecule is COC1(CC[C@@H](C)COC2OC(CO)C(O)C(O)C2O)OC2C[C@H]3[C@@H]4CC[C@H]5C[C@@H](OC6OC(CO)C(OC7OC(CO)C(O)C(O)C7O)C(O)C6OC6OC(C)C(O)C(O)C6O)[C@H](O)C[C@]5(C)[C@H]4CC[C@]3(C)C2C1C.